The second-order valence-corrected chi connectivity index (χ2v) is 38.3. The van der Waals surface area contributed by atoms with Crippen molar-refractivity contribution in [1.82, 2.24) is 37.7 Å². The topological polar surface area (TPSA) is 500 Å². The average molecular weight is 1760 g/mol. The average Bonchev–Trinajstić information content (AvgIpc) is 1.68. The summed E-state index contributed by atoms with van der Waals surface area (Å²) in [6.45, 7) is 13.4. The van der Waals surface area contributed by atoms with Crippen LogP contribution in [0, 0.1) is 39.5 Å². The molecule has 4 heterocycles. The molecule has 12 atom stereocenters. The lowest BCUT2D eigenvalue weighted by atomic mass is 10.1. The van der Waals surface area contributed by atoms with Gasteiger partial charge in [-0.2, -0.15) is 17.2 Å². The summed E-state index contributed by atoms with van der Waals surface area (Å²) >= 11 is 0. The first-order chi connectivity index (χ1) is 56.9. The lowest BCUT2D eigenvalue weighted by Gasteiger charge is -2.25. The minimum Gasteiger partial charge on any atom is -0.481 e. The Balaban J connectivity index is 0.000000219. The number of aliphatic hydroxyl groups is 1. The first kappa shape index (κ1) is 97.5. The molecule has 40 heteroatoms. The van der Waals surface area contributed by atoms with Gasteiger partial charge in [0.1, 0.15) is 35.7 Å². The Bertz CT molecular complexity index is 5160. The number of benzene rings is 6. The Labute approximate surface area is 706 Å². The minimum atomic E-state index is -3.97. The second-order valence-electron chi connectivity index (χ2n) is 30.7. The van der Waals surface area contributed by atoms with Gasteiger partial charge in [0.2, 0.25) is 51.9 Å². The fraction of sp³-hybridized carbons (Fsp3) is 0.469. The van der Waals surface area contributed by atoms with E-state index in [2.05, 4.69) is 35.4 Å². The van der Waals surface area contributed by atoms with Crippen LogP contribution in [0.25, 0.3) is 20.9 Å². The maximum Gasteiger partial charge on any atom is 0.414 e. The van der Waals surface area contributed by atoms with Gasteiger partial charge in [0, 0.05) is 82.3 Å². The number of rotatable bonds is 23. The summed E-state index contributed by atoms with van der Waals surface area (Å²) < 4.78 is 128. The number of nitrogens with one attached hydrogen (secondary N) is 2. The number of carbonyl (C=O) groups is 7. The van der Waals surface area contributed by atoms with Gasteiger partial charge in [-0.05, 0) is 200 Å². The number of methoxy groups -OCH3 is 2. The molecule has 5 fully saturated rings. The highest BCUT2D eigenvalue weighted by atomic mass is 32.2. The third-order valence-electron chi connectivity index (χ3n) is 20.3. The lowest BCUT2D eigenvalue weighted by Crippen LogP contribution is -2.48. The van der Waals surface area contributed by atoms with E-state index in [0.29, 0.717) is 56.6 Å². The molecule has 0 radical (unpaired) electrons. The van der Waals surface area contributed by atoms with Gasteiger partial charge in [0.25, 0.3) is 0 Å². The van der Waals surface area contributed by atoms with Crippen molar-refractivity contribution >= 4 is 82.0 Å². The quantitative estimate of drug-likeness (QED) is 0.0173. The lowest BCUT2D eigenvalue weighted by molar-refractivity contribution is -0.145. The van der Waals surface area contributed by atoms with Crippen LogP contribution in [0.15, 0.2) is 175 Å². The van der Waals surface area contributed by atoms with E-state index >= 15 is 0 Å². The van der Waals surface area contributed by atoms with E-state index in [1.165, 1.54) is 56.9 Å². The van der Waals surface area contributed by atoms with E-state index in [1.54, 1.807) is 137 Å². The molecule has 4 amide bonds. The molecule has 121 heavy (non-hydrogen) atoms. The highest BCUT2D eigenvalue weighted by molar-refractivity contribution is 7.90. The van der Waals surface area contributed by atoms with Gasteiger partial charge < -0.3 is 55.3 Å². The zero-order valence-corrected chi connectivity index (χ0v) is 73.0. The van der Waals surface area contributed by atoms with Crippen molar-refractivity contribution in [2.45, 2.75) is 186 Å². The van der Waals surface area contributed by atoms with Crippen molar-refractivity contribution in [2.24, 2.45) is 27.8 Å². The number of hydrogen-bond acceptors (Lipinski definition) is 23. The van der Waals surface area contributed by atoms with Gasteiger partial charge in [0.15, 0.2) is 0 Å². The number of carbonyl (C=O) groups excluding carboxylic acids is 6. The summed E-state index contributed by atoms with van der Waals surface area (Å²) in [6, 6.07) is 34.1. The number of esters is 2. The van der Waals surface area contributed by atoms with Crippen molar-refractivity contribution < 1.29 is 96.4 Å². The van der Waals surface area contributed by atoms with Crippen molar-refractivity contribution in [3.8, 4) is 11.5 Å². The Hall–Kier alpha value is -10.6. The number of carboxylic acids is 1. The smallest absolute Gasteiger partial charge is 0.414 e. The number of aliphatic hydroxyl groups excluding tert-OH is 1. The van der Waals surface area contributed by atoms with Gasteiger partial charge in [0.05, 0.1) is 57.9 Å². The van der Waals surface area contributed by atoms with Crippen LogP contribution in [0.4, 0.5) is 9.59 Å². The number of hydrogen-bond donors (Lipinski definition) is 5. The molecule has 4 saturated heterocycles. The van der Waals surface area contributed by atoms with E-state index in [0.717, 1.165) is 42.0 Å². The normalized spacial score (nSPS) is 21.5. The molecule has 0 spiro atoms. The molecule has 656 valence electrons. The number of aliphatic carboxylic acids is 1. The van der Waals surface area contributed by atoms with Gasteiger partial charge in [-0.15, -0.1) is 0 Å². The maximum absolute atomic E-state index is 13.3. The van der Waals surface area contributed by atoms with Crippen LogP contribution in [-0.4, -0.2) is 242 Å². The molecule has 0 bridgehead atoms. The van der Waals surface area contributed by atoms with E-state index < -0.39 is 118 Å². The van der Waals surface area contributed by atoms with Crippen molar-refractivity contribution in [3.63, 3.8) is 0 Å². The second kappa shape index (κ2) is 43.8. The van der Waals surface area contributed by atoms with E-state index in [1.807, 2.05) is 60.6 Å². The summed E-state index contributed by atoms with van der Waals surface area (Å²) in [7, 11) is -6.48. The zero-order chi connectivity index (χ0) is 89.6. The standard InChI is InChI=1S/C24H30N6O5S.C24H32N4O5S.C14H19NO4S.C13H16N4O4S.C6H10O3/c1-16-5-11-21(12-6-16)36(33,34)30-15-19(27-28-25)14-22(30)23(31)26-17(2)13-18-7-9-20(10-8-18)35-24(32)29(3)4;1-16-5-11-21(12-6-16)34(31,32)28-15-19(25)14-22(28)23(29)26-17(2)13-18-7-9-20(10-8-18)33-24(30)27(3)4;1-10-4-6-12(7-5-10)20(17,18)15-9-11(2)8-13(15)14(16)19-3;1-9-3-5-11(6-4-9)22(19,20)17-8-10(15-16-14)7-12(17)13(18)21-2;7-5-2-1-4(3-5)6(8)9/h5-12,17,19,22H,13-15H2,1-4H3,(H,26,31);5-12,17,19,22H,13-15,25H2,1-4H3,(H,26,29);4-7,11,13H,8-9H2,1-3H3;3-6,10,12H,7-8H2,1-2H3;4-5,7H,1-3H2,(H,8,9)/t2*17-,19-,22+;11-,13-;10-,12+;4-,5+/m11010/s1. The predicted octanol–water partition coefficient (Wildman–Crippen LogP) is 8.55. The first-order valence-corrected chi connectivity index (χ1v) is 44.5. The van der Waals surface area contributed by atoms with E-state index in [9.17, 15) is 67.2 Å². The highest BCUT2D eigenvalue weighted by Crippen LogP contribution is 2.34. The van der Waals surface area contributed by atoms with Crippen LogP contribution in [-0.2, 0) is 86.4 Å². The number of carboxylic acid groups (broad SMARTS) is 1. The Morgan fingerprint density at radius 1 is 0.479 bits per heavy atom. The summed E-state index contributed by atoms with van der Waals surface area (Å²) in [6.07, 6.45) is 2.38. The Morgan fingerprint density at radius 3 is 1.10 bits per heavy atom. The van der Waals surface area contributed by atoms with Crippen LogP contribution < -0.4 is 25.8 Å². The predicted molar refractivity (Wildman–Crippen MR) is 447 cm³/mol. The monoisotopic (exact) mass is 1750 g/mol. The fourth-order valence-corrected chi connectivity index (χ4v) is 20.4. The summed E-state index contributed by atoms with van der Waals surface area (Å²) in [4.78, 5) is 92.1. The van der Waals surface area contributed by atoms with Gasteiger partial charge >= 0.3 is 30.1 Å². The molecule has 0 unspecified atom stereocenters. The van der Waals surface area contributed by atoms with Crippen LogP contribution in [0.3, 0.4) is 0 Å². The molecule has 5 aliphatic rings. The SMILES string of the molecule is COC(=O)[C@@H]1C[C@@H](N=[N+]=[N-])CN1S(=O)(=O)c1ccc(C)cc1.COC(=O)[C@@H]1C[C@H](C)CN1S(=O)(=O)c1ccc(C)cc1.Cc1ccc(S(=O)(=O)N2C[C@H](N)C[C@H]2C(=O)N[C@H](C)Cc2ccc(OC(=O)N(C)C)cc2)cc1.Cc1ccc(S(=O)(=O)N2C[C@H](N=[N+]=[N-])C[C@H]2C(=O)N[C@H](C)Cc2ccc(OC(=O)N(C)C)cc2)cc1.O=C(O)[C@H]1CC[C@@H](O)C1. The zero-order valence-electron chi connectivity index (χ0n) is 69.7. The van der Waals surface area contributed by atoms with Crippen molar-refractivity contribution in [2.75, 3.05) is 68.6 Å². The number of azide groups is 2. The minimum absolute atomic E-state index is 0.0416. The third-order valence-corrected chi connectivity index (χ3v) is 27.9. The first-order valence-electron chi connectivity index (χ1n) is 38.8. The Morgan fingerprint density at radius 2 is 0.793 bits per heavy atom. The molecule has 6 aromatic carbocycles. The molecule has 1 aliphatic carbocycles. The molecule has 36 nitrogen and oxygen atoms in total. The molecule has 0 aromatic heterocycles. The van der Waals surface area contributed by atoms with Gasteiger partial charge in [-0.25, -0.2) is 43.3 Å². The fourth-order valence-electron chi connectivity index (χ4n) is 13.8. The molecule has 6 N–H and O–H groups in total. The van der Waals surface area contributed by atoms with E-state index in [4.69, 9.17) is 41.2 Å². The summed E-state index contributed by atoms with van der Waals surface area (Å²) in [5, 5.41) is 30.3. The molecule has 1 saturated carbocycles. The number of nitrogens with zero attached hydrogens (tertiary/aromatic N) is 12. The number of ether oxygens (including phenoxy) is 4. The van der Waals surface area contributed by atoms with Crippen LogP contribution >= 0.6 is 0 Å². The number of nitrogens with two attached hydrogens (primary N) is 1. The van der Waals surface area contributed by atoms with Crippen molar-refractivity contribution in [1.29, 1.82) is 0 Å². The van der Waals surface area contributed by atoms with Crippen molar-refractivity contribution in [3.05, 3.63) is 200 Å². The number of sulfonamides is 4. The Kier molecular flexibility index (Phi) is 35.3. The third kappa shape index (κ3) is 26.9. The number of amides is 4. The van der Waals surface area contributed by atoms with E-state index in [-0.39, 0.29) is 94.4 Å². The maximum atomic E-state index is 13.3. The summed E-state index contributed by atoms with van der Waals surface area (Å²) in [5.41, 5.74) is 29.0. The van der Waals surface area contributed by atoms with Crippen LogP contribution in [0.2, 0.25) is 0 Å². The highest BCUT2D eigenvalue weighted by Gasteiger charge is 2.48. The molecule has 6 aromatic rings. The van der Waals surface area contributed by atoms with Gasteiger partial charge in [-0.3, -0.25) is 24.0 Å². The molecule has 4 aliphatic heterocycles. The molecular formula is C81H107N15O21S4. The summed E-state index contributed by atoms with van der Waals surface area (Å²) in [5.74, 6) is -2.07. The molecular weight excluding hydrogens is 1650 g/mol. The number of aryl methyl sites for hydroxylation is 4. The molecule has 11 rings (SSSR count). The van der Waals surface area contributed by atoms with Crippen LogP contribution in [0.5, 0.6) is 11.5 Å². The van der Waals surface area contributed by atoms with Gasteiger partial charge in [-0.1, -0.05) is 112 Å². The van der Waals surface area contributed by atoms with Crippen LogP contribution in [0.1, 0.15) is 99.1 Å². The largest absolute Gasteiger partial charge is 0.481 e.